The van der Waals surface area contributed by atoms with E-state index >= 15 is 0 Å². The first kappa shape index (κ1) is 42.9. The van der Waals surface area contributed by atoms with Crippen LogP contribution in [-0.2, 0) is 61.4 Å². The first-order valence-electron chi connectivity index (χ1n) is 15.1. The summed E-state index contributed by atoms with van der Waals surface area (Å²) in [5, 5.41) is 0. The van der Waals surface area contributed by atoms with Crippen molar-refractivity contribution in [1.82, 2.24) is 0 Å². The van der Waals surface area contributed by atoms with E-state index in [0.717, 1.165) is 0 Å². The molecule has 3 atom stereocenters. The summed E-state index contributed by atoms with van der Waals surface area (Å²) in [6, 6.07) is 0. The van der Waals surface area contributed by atoms with Crippen LogP contribution in [0.15, 0.2) is 0 Å². The summed E-state index contributed by atoms with van der Waals surface area (Å²) in [7, 11) is -4.68. The molecule has 3 unspecified atom stereocenters. The zero-order valence-corrected chi connectivity index (χ0v) is 29.0. The van der Waals surface area contributed by atoms with Crippen LogP contribution in [0.2, 0.25) is 0 Å². The van der Waals surface area contributed by atoms with E-state index in [1.165, 1.54) is 13.8 Å². The SMILES string of the molecule is CCC(C)(C)C(=O)OCCOC(C)(CC)C(=O)OCCOC(C)(CC)C(=O)OCCOC(C)(CC)C(=O)OCCOP(=O)(O)O. The number of carbonyl (C=O) groups is 4. The van der Waals surface area contributed by atoms with Gasteiger partial charge in [-0.25, -0.2) is 18.9 Å². The van der Waals surface area contributed by atoms with Gasteiger partial charge in [0, 0.05) is 0 Å². The summed E-state index contributed by atoms with van der Waals surface area (Å²) >= 11 is 0. The minimum Gasteiger partial charge on any atom is -0.463 e. The van der Waals surface area contributed by atoms with Crippen LogP contribution < -0.4 is 0 Å². The number of rotatable bonds is 24. The van der Waals surface area contributed by atoms with Crippen molar-refractivity contribution in [2.75, 3.05) is 52.9 Å². The molecule has 0 aliphatic rings. The fraction of sp³-hybridized carbons (Fsp3) is 0.862. The third kappa shape index (κ3) is 15.3. The van der Waals surface area contributed by atoms with E-state index < -0.39 is 54.6 Å². The summed E-state index contributed by atoms with van der Waals surface area (Å²) in [5.41, 5.74) is -4.62. The molecule has 0 aromatic carbocycles. The van der Waals surface area contributed by atoms with Crippen LogP contribution in [0.4, 0.5) is 0 Å². The van der Waals surface area contributed by atoms with Crippen molar-refractivity contribution in [3.05, 3.63) is 0 Å². The van der Waals surface area contributed by atoms with Crippen molar-refractivity contribution in [1.29, 1.82) is 0 Å². The second-order valence-electron chi connectivity index (χ2n) is 11.4. The lowest BCUT2D eigenvalue weighted by Gasteiger charge is -2.29. The Kier molecular flexibility index (Phi) is 18.6. The van der Waals surface area contributed by atoms with Gasteiger partial charge in [-0.3, -0.25) is 9.32 Å². The van der Waals surface area contributed by atoms with E-state index in [1.54, 1.807) is 41.5 Å². The summed E-state index contributed by atoms with van der Waals surface area (Å²) in [5.74, 6) is -2.43. The Hall–Kier alpha value is -2.13. The Labute approximate surface area is 266 Å². The summed E-state index contributed by atoms with van der Waals surface area (Å²) in [4.78, 5) is 67.3. The molecule has 45 heavy (non-hydrogen) atoms. The van der Waals surface area contributed by atoms with Crippen molar-refractivity contribution in [2.45, 2.75) is 105 Å². The zero-order chi connectivity index (χ0) is 35.0. The summed E-state index contributed by atoms with van der Waals surface area (Å²) in [6.45, 7) is 13.7. The zero-order valence-electron chi connectivity index (χ0n) is 28.1. The smallest absolute Gasteiger partial charge is 0.463 e. The number of hydrogen-bond acceptors (Lipinski definition) is 13. The van der Waals surface area contributed by atoms with Crippen molar-refractivity contribution < 1.29 is 71.2 Å². The van der Waals surface area contributed by atoms with Gasteiger partial charge in [-0.2, -0.15) is 0 Å². The quantitative estimate of drug-likeness (QED) is 0.0655. The topological polar surface area (TPSA) is 200 Å². The number of hydrogen-bond donors (Lipinski definition) is 2. The molecule has 16 heteroatoms. The van der Waals surface area contributed by atoms with Crippen LogP contribution in [0.3, 0.4) is 0 Å². The molecule has 264 valence electrons. The molecule has 0 aliphatic heterocycles. The Morgan fingerprint density at radius 3 is 1.04 bits per heavy atom. The van der Waals surface area contributed by atoms with Gasteiger partial charge in [0.25, 0.3) is 0 Å². The third-order valence-electron chi connectivity index (χ3n) is 7.54. The number of phosphoric ester groups is 1. The standard InChI is InChI=1S/C29H53O15P/c1-10-26(5,6)22(30)37-14-18-41-27(7,11-2)23(31)38-15-19-42-28(8,12-3)24(32)39-16-20-43-29(9,13-4)25(33)40-17-21-44-45(34,35)36/h10-21H2,1-9H3,(H2,34,35,36). The van der Waals surface area contributed by atoms with Gasteiger partial charge in [0.15, 0.2) is 16.8 Å². The van der Waals surface area contributed by atoms with E-state index in [9.17, 15) is 23.7 Å². The fourth-order valence-electron chi connectivity index (χ4n) is 3.21. The lowest BCUT2D eigenvalue weighted by molar-refractivity contribution is -0.184. The molecule has 0 aromatic rings. The van der Waals surface area contributed by atoms with Crippen molar-refractivity contribution >= 4 is 31.7 Å². The maximum atomic E-state index is 12.8. The lowest BCUT2D eigenvalue weighted by atomic mass is 9.91. The van der Waals surface area contributed by atoms with Crippen LogP contribution in [0.1, 0.15) is 88.0 Å². The maximum absolute atomic E-state index is 12.8. The number of phosphoric acid groups is 1. The molecule has 0 aliphatic carbocycles. The van der Waals surface area contributed by atoms with E-state index in [1.807, 2.05) is 6.92 Å². The molecule has 0 spiro atoms. The second kappa shape index (κ2) is 19.5. The normalized spacial score (nSPS) is 16.1. The van der Waals surface area contributed by atoms with E-state index in [0.29, 0.717) is 12.8 Å². The molecule has 0 rings (SSSR count). The minimum absolute atomic E-state index is 0.00470. The number of carbonyl (C=O) groups excluding carboxylic acids is 4. The molecular formula is C29H53O15P. The van der Waals surface area contributed by atoms with E-state index in [2.05, 4.69) is 4.52 Å². The molecule has 0 bridgehead atoms. The Bertz CT molecular complexity index is 996. The lowest BCUT2D eigenvalue weighted by Crippen LogP contribution is -2.43. The highest BCUT2D eigenvalue weighted by atomic mass is 31.2. The predicted molar refractivity (Wildman–Crippen MR) is 160 cm³/mol. The fourth-order valence-corrected chi connectivity index (χ4v) is 3.52. The van der Waals surface area contributed by atoms with Gasteiger partial charge in [0.1, 0.15) is 26.4 Å². The summed E-state index contributed by atoms with van der Waals surface area (Å²) < 4.78 is 52.8. The van der Waals surface area contributed by atoms with Gasteiger partial charge >= 0.3 is 31.7 Å². The minimum atomic E-state index is -4.68. The molecule has 0 fully saturated rings. The van der Waals surface area contributed by atoms with Crippen LogP contribution in [0.5, 0.6) is 0 Å². The van der Waals surface area contributed by atoms with Gasteiger partial charge in [0.2, 0.25) is 0 Å². The van der Waals surface area contributed by atoms with E-state index in [4.69, 9.17) is 42.9 Å². The van der Waals surface area contributed by atoms with Gasteiger partial charge in [-0.15, -0.1) is 0 Å². The predicted octanol–water partition coefficient (Wildman–Crippen LogP) is 3.26. The van der Waals surface area contributed by atoms with Gasteiger partial charge in [-0.1, -0.05) is 27.7 Å². The van der Waals surface area contributed by atoms with Crippen molar-refractivity contribution in [3.63, 3.8) is 0 Å². The Morgan fingerprint density at radius 2 is 0.778 bits per heavy atom. The highest BCUT2D eigenvalue weighted by Gasteiger charge is 2.38. The van der Waals surface area contributed by atoms with Gasteiger partial charge < -0.3 is 42.9 Å². The largest absolute Gasteiger partial charge is 0.469 e. The highest BCUT2D eigenvalue weighted by Crippen LogP contribution is 2.35. The molecule has 0 heterocycles. The van der Waals surface area contributed by atoms with Crippen LogP contribution >= 0.6 is 7.82 Å². The molecule has 0 saturated heterocycles. The van der Waals surface area contributed by atoms with Crippen molar-refractivity contribution in [2.24, 2.45) is 5.41 Å². The first-order chi connectivity index (χ1) is 20.8. The van der Waals surface area contributed by atoms with Crippen LogP contribution in [0.25, 0.3) is 0 Å². The first-order valence-corrected chi connectivity index (χ1v) is 16.6. The Morgan fingerprint density at radius 1 is 0.489 bits per heavy atom. The van der Waals surface area contributed by atoms with Crippen LogP contribution in [0, 0.1) is 5.41 Å². The average molecular weight is 673 g/mol. The molecule has 0 amide bonds. The molecule has 0 saturated carbocycles. The second-order valence-corrected chi connectivity index (χ2v) is 12.6. The Balaban J connectivity index is 4.66. The molecule has 2 N–H and O–H groups in total. The molecule has 0 aromatic heterocycles. The van der Waals surface area contributed by atoms with Gasteiger partial charge in [-0.05, 0) is 60.3 Å². The van der Waals surface area contributed by atoms with Crippen molar-refractivity contribution in [3.8, 4) is 0 Å². The van der Waals surface area contributed by atoms with Crippen LogP contribution in [-0.4, -0.2) is 103 Å². The highest BCUT2D eigenvalue weighted by molar-refractivity contribution is 7.46. The molecule has 15 nitrogen and oxygen atoms in total. The maximum Gasteiger partial charge on any atom is 0.469 e. The summed E-state index contributed by atoms with van der Waals surface area (Å²) in [6.07, 6.45) is 1.39. The molecule has 0 radical (unpaired) electrons. The van der Waals surface area contributed by atoms with Gasteiger partial charge in [0.05, 0.1) is 31.8 Å². The van der Waals surface area contributed by atoms with E-state index in [-0.39, 0.29) is 65.1 Å². The molecular weight excluding hydrogens is 619 g/mol. The monoisotopic (exact) mass is 672 g/mol. The number of ether oxygens (including phenoxy) is 7. The average Bonchev–Trinajstić information content (AvgIpc) is 3.00. The third-order valence-corrected chi connectivity index (χ3v) is 8.06. The number of esters is 4.